The van der Waals surface area contributed by atoms with Gasteiger partial charge in [0.15, 0.2) is 0 Å². The van der Waals surface area contributed by atoms with Crippen LogP contribution in [0.3, 0.4) is 0 Å². The van der Waals surface area contributed by atoms with E-state index in [0.29, 0.717) is 13.2 Å². The highest BCUT2D eigenvalue weighted by Crippen LogP contribution is 2.16. The fraction of sp³-hybridized carbons (Fsp3) is 0.636. The van der Waals surface area contributed by atoms with Crippen molar-refractivity contribution in [3.05, 3.63) is 42.0 Å². The molecule has 1 atom stereocenters. The van der Waals surface area contributed by atoms with Gasteiger partial charge >= 0.3 is 0 Å². The molecule has 1 aliphatic rings. The van der Waals surface area contributed by atoms with Gasteiger partial charge in [-0.3, -0.25) is 9.80 Å². The Morgan fingerprint density at radius 1 is 1.22 bits per heavy atom. The lowest BCUT2D eigenvalue weighted by Crippen LogP contribution is -2.49. The van der Waals surface area contributed by atoms with Crippen molar-refractivity contribution >= 4 is 0 Å². The smallest absolute Gasteiger partial charge is 0.119 e. The molecule has 1 heterocycles. The van der Waals surface area contributed by atoms with Crippen LogP contribution in [0.4, 0.5) is 0 Å². The number of hydrogen-bond acceptors (Lipinski definition) is 5. The van der Waals surface area contributed by atoms with Crippen LogP contribution in [0.2, 0.25) is 0 Å². The second-order valence-corrected chi connectivity index (χ2v) is 7.61. The van der Waals surface area contributed by atoms with Crippen LogP contribution in [-0.4, -0.2) is 84.9 Å². The Labute approximate surface area is 165 Å². The second kappa shape index (κ2) is 11.4. The van der Waals surface area contributed by atoms with Gasteiger partial charge in [-0.1, -0.05) is 38.1 Å². The normalized spacial score (nSPS) is 17.2. The molecule has 0 spiro atoms. The van der Waals surface area contributed by atoms with Crippen LogP contribution in [-0.2, 0) is 6.54 Å². The number of rotatable bonds is 11. The number of ether oxygens (including phenoxy) is 1. The first kappa shape index (κ1) is 21.9. The van der Waals surface area contributed by atoms with E-state index < -0.39 is 6.10 Å². The molecular weight excluding hydrogens is 338 g/mol. The van der Waals surface area contributed by atoms with Crippen molar-refractivity contribution in [3.63, 3.8) is 0 Å². The van der Waals surface area contributed by atoms with Crippen LogP contribution in [0.25, 0.3) is 0 Å². The largest absolute Gasteiger partial charge is 0.491 e. The Kier molecular flexibility index (Phi) is 9.28. The van der Waals surface area contributed by atoms with E-state index in [-0.39, 0.29) is 0 Å². The number of nitrogens with zero attached hydrogens (tertiary/aromatic N) is 3. The van der Waals surface area contributed by atoms with Crippen molar-refractivity contribution in [1.29, 1.82) is 0 Å². The highest BCUT2D eigenvalue weighted by atomic mass is 16.5. The van der Waals surface area contributed by atoms with Crippen LogP contribution < -0.4 is 4.74 Å². The molecule has 0 saturated carbocycles. The van der Waals surface area contributed by atoms with Gasteiger partial charge < -0.3 is 14.7 Å². The zero-order valence-corrected chi connectivity index (χ0v) is 17.4. The minimum atomic E-state index is -0.461. The summed E-state index contributed by atoms with van der Waals surface area (Å²) in [6.45, 7) is 19.6. The minimum absolute atomic E-state index is 0.334. The Morgan fingerprint density at radius 2 is 1.93 bits per heavy atom. The van der Waals surface area contributed by atoms with Crippen LogP contribution in [0.15, 0.2) is 36.4 Å². The summed E-state index contributed by atoms with van der Waals surface area (Å²) in [6.07, 6.45) is -0.461. The average Bonchev–Trinajstić information content (AvgIpc) is 2.66. The standard InChI is InChI=1S/C22H37N3O2/c1-5-23-10-12-25(13-11-23)17-21(26)18-27-22-9-7-8-20(14-22)16-24(6-2)15-19(3)4/h7-9,14,21,26H,3,5-6,10-13,15-18H2,1-2,4H3/t21-/m1/s1. The van der Waals surface area contributed by atoms with Crippen LogP contribution in [0.5, 0.6) is 5.75 Å². The average molecular weight is 376 g/mol. The summed E-state index contributed by atoms with van der Waals surface area (Å²) >= 11 is 0. The fourth-order valence-corrected chi connectivity index (χ4v) is 3.48. The molecule has 0 aromatic heterocycles. The number of benzene rings is 1. The fourth-order valence-electron chi connectivity index (χ4n) is 3.48. The Bertz CT molecular complexity index is 570. The van der Waals surface area contributed by atoms with Gasteiger partial charge in [0.25, 0.3) is 0 Å². The number of likely N-dealkylation sites (N-methyl/N-ethyl adjacent to an activating group) is 2. The maximum Gasteiger partial charge on any atom is 0.119 e. The third-order valence-electron chi connectivity index (χ3n) is 5.07. The van der Waals surface area contributed by atoms with Crippen molar-refractivity contribution in [3.8, 4) is 5.75 Å². The van der Waals surface area contributed by atoms with E-state index in [0.717, 1.165) is 58.1 Å². The quantitative estimate of drug-likeness (QED) is 0.602. The Balaban J connectivity index is 1.77. The molecule has 5 nitrogen and oxygen atoms in total. The summed E-state index contributed by atoms with van der Waals surface area (Å²) in [7, 11) is 0. The monoisotopic (exact) mass is 375 g/mol. The van der Waals surface area contributed by atoms with E-state index in [4.69, 9.17) is 4.74 Å². The Morgan fingerprint density at radius 3 is 2.56 bits per heavy atom. The van der Waals surface area contributed by atoms with Gasteiger partial charge in [0, 0.05) is 45.8 Å². The van der Waals surface area contributed by atoms with Gasteiger partial charge in [0.2, 0.25) is 0 Å². The molecule has 1 aromatic carbocycles. The lowest BCUT2D eigenvalue weighted by atomic mass is 10.2. The summed E-state index contributed by atoms with van der Waals surface area (Å²) in [6, 6.07) is 8.19. The zero-order valence-electron chi connectivity index (χ0n) is 17.4. The first-order valence-corrected chi connectivity index (χ1v) is 10.2. The molecule has 0 radical (unpaired) electrons. The molecule has 27 heavy (non-hydrogen) atoms. The lowest BCUT2D eigenvalue weighted by molar-refractivity contribution is 0.0470. The summed E-state index contributed by atoms with van der Waals surface area (Å²) < 4.78 is 5.87. The van der Waals surface area contributed by atoms with E-state index in [2.05, 4.69) is 54.2 Å². The number of hydrogen-bond donors (Lipinski definition) is 1. The van der Waals surface area contributed by atoms with Crippen molar-refractivity contribution in [1.82, 2.24) is 14.7 Å². The molecule has 1 aliphatic heterocycles. The second-order valence-electron chi connectivity index (χ2n) is 7.61. The minimum Gasteiger partial charge on any atom is -0.491 e. The highest BCUT2D eigenvalue weighted by Gasteiger charge is 2.18. The predicted octanol–water partition coefficient (Wildman–Crippen LogP) is 2.46. The third-order valence-corrected chi connectivity index (χ3v) is 5.07. The van der Waals surface area contributed by atoms with Gasteiger partial charge in [-0.25, -0.2) is 0 Å². The molecule has 1 fully saturated rings. The molecule has 0 bridgehead atoms. The molecule has 1 aromatic rings. The van der Waals surface area contributed by atoms with E-state index in [9.17, 15) is 5.11 Å². The molecule has 2 rings (SSSR count). The maximum atomic E-state index is 10.3. The zero-order chi connectivity index (χ0) is 19.6. The molecule has 5 heteroatoms. The topological polar surface area (TPSA) is 39.2 Å². The predicted molar refractivity (Wildman–Crippen MR) is 112 cm³/mol. The van der Waals surface area contributed by atoms with Crippen molar-refractivity contribution in [2.45, 2.75) is 33.4 Å². The first-order chi connectivity index (χ1) is 13.0. The summed E-state index contributed by atoms with van der Waals surface area (Å²) in [5, 5.41) is 10.3. The van der Waals surface area contributed by atoms with Crippen molar-refractivity contribution in [2.24, 2.45) is 0 Å². The van der Waals surface area contributed by atoms with Gasteiger partial charge in [-0.05, 0) is 37.7 Å². The SMILES string of the molecule is C=C(C)CN(CC)Cc1cccc(OC[C@H](O)CN2CCN(CC)CC2)c1. The number of aliphatic hydroxyl groups excluding tert-OH is 1. The lowest BCUT2D eigenvalue weighted by Gasteiger charge is -2.34. The third kappa shape index (κ3) is 8.01. The molecule has 0 unspecified atom stereocenters. The molecule has 0 aliphatic carbocycles. The molecule has 1 saturated heterocycles. The maximum absolute atomic E-state index is 10.3. The van der Waals surface area contributed by atoms with E-state index in [1.807, 2.05) is 12.1 Å². The van der Waals surface area contributed by atoms with E-state index in [1.54, 1.807) is 0 Å². The van der Waals surface area contributed by atoms with Gasteiger partial charge in [0.05, 0.1) is 0 Å². The van der Waals surface area contributed by atoms with Gasteiger partial charge in [-0.2, -0.15) is 0 Å². The summed E-state index contributed by atoms with van der Waals surface area (Å²) in [5.41, 5.74) is 2.40. The molecule has 152 valence electrons. The molecule has 0 amide bonds. The Hall–Kier alpha value is -1.40. The van der Waals surface area contributed by atoms with Gasteiger partial charge in [0.1, 0.15) is 18.5 Å². The number of β-amino-alcohol motifs (C(OH)–C–C–N with tert-alkyl or cyclic N) is 1. The van der Waals surface area contributed by atoms with Crippen molar-refractivity contribution in [2.75, 3.05) is 59.0 Å². The summed E-state index contributed by atoms with van der Waals surface area (Å²) in [4.78, 5) is 7.12. The van der Waals surface area contributed by atoms with E-state index >= 15 is 0 Å². The van der Waals surface area contributed by atoms with Gasteiger partial charge in [-0.15, -0.1) is 0 Å². The van der Waals surface area contributed by atoms with Crippen LogP contribution in [0, 0.1) is 0 Å². The molecule has 1 N–H and O–H groups in total. The number of piperazine rings is 1. The van der Waals surface area contributed by atoms with Crippen molar-refractivity contribution < 1.29 is 9.84 Å². The molecular formula is C22H37N3O2. The highest BCUT2D eigenvalue weighted by molar-refractivity contribution is 5.28. The first-order valence-electron chi connectivity index (χ1n) is 10.2. The summed E-state index contributed by atoms with van der Waals surface area (Å²) in [5.74, 6) is 0.828. The van der Waals surface area contributed by atoms with Crippen LogP contribution >= 0.6 is 0 Å². The van der Waals surface area contributed by atoms with Crippen LogP contribution in [0.1, 0.15) is 26.3 Å². The van der Waals surface area contributed by atoms with E-state index in [1.165, 1.54) is 11.1 Å². The number of aliphatic hydroxyl groups is 1.